The minimum absolute atomic E-state index is 0.643. The maximum atomic E-state index is 5.02. The van der Waals surface area contributed by atoms with Crippen LogP contribution in [0.4, 0.5) is 10.8 Å². The molecule has 0 aliphatic carbocycles. The van der Waals surface area contributed by atoms with Gasteiger partial charge in [-0.2, -0.15) is 9.47 Å². The molecule has 2 aromatic rings. The van der Waals surface area contributed by atoms with Crippen LogP contribution in [-0.2, 0) is 17.7 Å². The van der Waals surface area contributed by atoms with Crippen molar-refractivity contribution in [1.82, 2.24) is 19.1 Å². The highest BCUT2D eigenvalue weighted by Crippen LogP contribution is 2.21. The Labute approximate surface area is 123 Å². The lowest BCUT2D eigenvalue weighted by Gasteiger charge is -2.04. The van der Waals surface area contributed by atoms with Gasteiger partial charge < -0.3 is 10.1 Å². The van der Waals surface area contributed by atoms with E-state index >= 15 is 0 Å². The molecular formula is C13H21N5OS. The maximum Gasteiger partial charge on any atom is 0.207 e. The highest BCUT2D eigenvalue weighted by atomic mass is 32.1. The van der Waals surface area contributed by atoms with Crippen LogP contribution in [-0.4, -0.2) is 32.9 Å². The summed E-state index contributed by atoms with van der Waals surface area (Å²) in [5, 5.41) is 8.48. The summed E-state index contributed by atoms with van der Waals surface area (Å²) in [6.07, 6.45) is 4.90. The van der Waals surface area contributed by atoms with Crippen molar-refractivity contribution in [2.45, 2.75) is 39.7 Å². The van der Waals surface area contributed by atoms with Crippen LogP contribution in [0.25, 0.3) is 0 Å². The van der Waals surface area contributed by atoms with Crippen molar-refractivity contribution >= 4 is 22.4 Å². The SMILES string of the molecule is CCCCn1ncc(Nc2nc(CCOC)ns2)c1C. The van der Waals surface area contributed by atoms with Crippen LogP contribution in [0.5, 0.6) is 0 Å². The fourth-order valence-corrected chi connectivity index (χ4v) is 2.44. The van der Waals surface area contributed by atoms with Crippen molar-refractivity contribution in [2.75, 3.05) is 19.0 Å². The molecule has 6 nitrogen and oxygen atoms in total. The summed E-state index contributed by atoms with van der Waals surface area (Å²) in [4.78, 5) is 4.43. The van der Waals surface area contributed by atoms with Gasteiger partial charge in [-0.1, -0.05) is 13.3 Å². The van der Waals surface area contributed by atoms with Crippen molar-refractivity contribution in [3.8, 4) is 0 Å². The lowest BCUT2D eigenvalue weighted by Crippen LogP contribution is -2.02. The van der Waals surface area contributed by atoms with Gasteiger partial charge in [0.05, 0.1) is 24.2 Å². The van der Waals surface area contributed by atoms with Crippen LogP contribution in [0.3, 0.4) is 0 Å². The Morgan fingerprint density at radius 3 is 3.05 bits per heavy atom. The molecule has 0 saturated heterocycles. The van der Waals surface area contributed by atoms with Crippen LogP contribution >= 0.6 is 11.5 Å². The minimum atomic E-state index is 0.643. The molecule has 2 heterocycles. The number of nitrogens with one attached hydrogen (secondary N) is 1. The van der Waals surface area contributed by atoms with Gasteiger partial charge in [-0.15, -0.1) is 0 Å². The van der Waals surface area contributed by atoms with Crippen LogP contribution in [0, 0.1) is 6.92 Å². The van der Waals surface area contributed by atoms with Gasteiger partial charge >= 0.3 is 0 Å². The molecule has 0 unspecified atom stereocenters. The second-order valence-corrected chi connectivity index (χ2v) is 5.36. The summed E-state index contributed by atoms with van der Waals surface area (Å²) < 4.78 is 11.3. The molecule has 1 N–H and O–H groups in total. The standard InChI is InChI=1S/C13H21N5OS/c1-4-5-7-18-10(2)11(9-14-18)15-13-16-12(17-20-13)6-8-19-3/h9H,4-8H2,1-3H3,(H,15,16,17). The zero-order chi connectivity index (χ0) is 14.4. The van der Waals surface area contributed by atoms with E-state index in [1.807, 2.05) is 10.9 Å². The number of methoxy groups -OCH3 is 1. The molecule has 7 heteroatoms. The van der Waals surface area contributed by atoms with E-state index in [2.05, 4.69) is 33.6 Å². The Morgan fingerprint density at radius 1 is 1.45 bits per heavy atom. The number of hydrogen-bond acceptors (Lipinski definition) is 6. The lowest BCUT2D eigenvalue weighted by molar-refractivity contribution is 0.201. The molecule has 110 valence electrons. The maximum absolute atomic E-state index is 5.02. The summed E-state index contributed by atoms with van der Waals surface area (Å²) in [5.74, 6) is 0.815. The molecule has 0 spiro atoms. The number of aryl methyl sites for hydroxylation is 1. The predicted octanol–water partition coefficient (Wildman–Crippen LogP) is 2.78. The largest absolute Gasteiger partial charge is 0.384 e. The van der Waals surface area contributed by atoms with Crippen LogP contribution in [0.1, 0.15) is 31.3 Å². The first-order chi connectivity index (χ1) is 9.74. The predicted molar refractivity (Wildman–Crippen MR) is 80.6 cm³/mol. The smallest absolute Gasteiger partial charge is 0.207 e. The van der Waals surface area contributed by atoms with E-state index in [0.29, 0.717) is 6.61 Å². The fourth-order valence-electron chi connectivity index (χ4n) is 1.82. The molecule has 0 saturated carbocycles. The Kier molecular flexibility index (Phi) is 5.49. The van der Waals surface area contributed by atoms with Gasteiger partial charge in [0, 0.05) is 31.6 Å². The van der Waals surface area contributed by atoms with E-state index in [-0.39, 0.29) is 0 Å². The summed E-state index contributed by atoms with van der Waals surface area (Å²) in [7, 11) is 1.68. The van der Waals surface area contributed by atoms with Gasteiger partial charge in [0.25, 0.3) is 0 Å². The average molecular weight is 295 g/mol. The van der Waals surface area contributed by atoms with Crippen LogP contribution < -0.4 is 5.32 Å². The topological polar surface area (TPSA) is 64.9 Å². The Hall–Kier alpha value is -1.47. The average Bonchev–Trinajstić information content (AvgIpc) is 3.03. The molecule has 2 rings (SSSR count). The van der Waals surface area contributed by atoms with Gasteiger partial charge in [-0.3, -0.25) is 4.68 Å². The first-order valence-corrected chi connectivity index (χ1v) is 7.63. The van der Waals surface area contributed by atoms with Crippen molar-refractivity contribution < 1.29 is 4.74 Å². The lowest BCUT2D eigenvalue weighted by atomic mass is 10.3. The third kappa shape index (κ3) is 3.77. The first kappa shape index (κ1) is 14.9. The van der Waals surface area contributed by atoms with Gasteiger partial charge in [0.1, 0.15) is 5.82 Å². The molecule has 0 atom stereocenters. The van der Waals surface area contributed by atoms with Gasteiger partial charge in [0.2, 0.25) is 5.13 Å². The normalized spacial score (nSPS) is 10.9. The summed E-state index contributed by atoms with van der Waals surface area (Å²) in [5.41, 5.74) is 2.13. The third-order valence-corrected chi connectivity index (χ3v) is 3.73. The number of unbranched alkanes of at least 4 members (excludes halogenated alkanes) is 1. The Balaban J connectivity index is 1.99. The van der Waals surface area contributed by atoms with E-state index in [9.17, 15) is 0 Å². The molecular weight excluding hydrogens is 274 g/mol. The Morgan fingerprint density at radius 2 is 2.30 bits per heavy atom. The zero-order valence-corrected chi connectivity index (χ0v) is 13.0. The monoisotopic (exact) mass is 295 g/mol. The molecule has 0 aromatic carbocycles. The van der Waals surface area contributed by atoms with Crippen molar-refractivity contribution in [3.63, 3.8) is 0 Å². The number of rotatable bonds is 8. The van der Waals surface area contributed by atoms with Crippen LogP contribution in [0.15, 0.2) is 6.20 Å². The minimum Gasteiger partial charge on any atom is -0.384 e. The molecule has 0 amide bonds. The Bertz CT molecular complexity index is 537. The second kappa shape index (κ2) is 7.35. The number of aromatic nitrogens is 4. The van der Waals surface area contributed by atoms with Gasteiger partial charge in [0.15, 0.2) is 0 Å². The van der Waals surface area contributed by atoms with Gasteiger partial charge in [-0.05, 0) is 13.3 Å². The molecule has 2 aromatic heterocycles. The summed E-state index contributed by atoms with van der Waals surface area (Å²) in [6.45, 7) is 5.85. The first-order valence-electron chi connectivity index (χ1n) is 6.85. The highest BCUT2D eigenvalue weighted by Gasteiger charge is 2.09. The van der Waals surface area contributed by atoms with E-state index in [4.69, 9.17) is 4.74 Å². The fraction of sp³-hybridized carbons (Fsp3) is 0.615. The summed E-state index contributed by atoms with van der Waals surface area (Å²) in [6, 6.07) is 0. The van der Waals surface area contributed by atoms with E-state index in [0.717, 1.165) is 41.7 Å². The second-order valence-electron chi connectivity index (χ2n) is 4.60. The van der Waals surface area contributed by atoms with Crippen LogP contribution in [0.2, 0.25) is 0 Å². The molecule has 0 aliphatic rings. The molecule has 0 bridgehead atoms. The number of ether oxygens (including phenoxy) is 1. The zero-order valence-electron chi connectivity index (χ0n) is 12.2. The quantitative estimate of drug-likeness (QED) is 0.811. The highest BCUT2D eigenvalue weighted by molar-refractivity contribution is 7.09. The van der Waals surface area contributed by atoms with Crippen molar-refractivity contribution in [3.05, 3.63) is 17.7 Å². The molecule has 0 aliphatic heterocycles. The molecule has 0 fully saturated rings. The molecule has 20 heavy (non-hydrogen) atoms. The molecule has 0 radical (unpaired) electrons. The summed E-state index contributed by atoms with van der Waals surface area (Å²) >= 11 is 1.37. The third-order valence-electron chi connectivity index (χ3n) is 3.07. The van der Waals surface area contributed by atoms with E-state index < -0.39 is 0 Å². The number of nitrogens with zero attached hydrogens (tertiary/aromatic N) is 4. The van der Waals surface area contributed by atoms with E-state index in [1.54, 1.807) is 7.11 Å². The van der Waals surface area contributed by atoms with Crippen molar-refractivity contribution in [1.29, 1.82) is 0 Å². The number of anilines is 2. The number of hydrogen-bond donors (Lipinski definition) is 1. The van der Waals surface area contributed by atoms with E-state index in [1.165, 1.54) is 18.0 Å². The van der Waals surface area contributed by atoms with Crippen molar-refractivity contribution in [2.24, 2.45) is 0 Å². The van der Waals surface area contributed by atoms with Gasteiger partial charge in [-0.25, -0.2) is 4.98 Å².